The van der Waals surface area contributed by atoms with E-state index in [0.29, 0.717) is 12.2 Å². The molecule has 2 aromatic rings. The van der Waals surface area contributed by atoms with Crippen LogP contribution in [0.3, 0.4) is 0 Å². The van der Waals surface area contributed by atoms with E-state index in [2.05, 4.69) is 5.32 Å². The van der Waals surface area contributed by atoms with Crippen LogP contribution in [-0.2, 0) is 4.79 Å². The smallest absolute Gasteiger partial charge is 0.289 e. The highest BCUT2D eigenvalue weighted by Crippen LogP contribution is 2.27. The molecule has 0 aliphatic carbocycles. The topological polar surface area (TPSA) is 75.5 Å². The van der Waals surface area contributed by atoms with Crippen molar-refractivity contribution in [2.45, 2.75) is 6.92 Å². The Kier molecular flexibility index (Phi) is 5.54. The largest absolute Gasteiger partial charge is 0.376 e. The number of halogens is 1. The monoisotopic (exact) mass is 333 g/mol. The number of nitrogens with zero attached hydrogens (tertiary/aromatic N) is 2. The molecule has 0 heterocycles. The first-order valence-electron chi connectivity index (χ1n) is 7.06. The van der Waals surface area contributed by atoms with Crippen LogP contribution in [0.25, 0.3) is 0 Å². The molecule has 0 bridgehead atoms. The minimum absolute atomic E-state index is 0.0293. The second kappa shape index (κ2) is 7.60. The van der Waals surface area contributed by atoms with Crippen LogP contribution in [0.2, 0.25) is 5.02 Å². The number of anilines is 2. The van der Waals surface area contributed by atoms with Crippen LogP contribution in [0.4, 0.5) is 17.1 Å². The van der Waals surface area contributed by atoms with Gasteiger partial charge in [-0.15, -0.1) is 0 Å². The number of nitro benzene ring substituents is 1. The van der Waals surface area contributed by atoms with Crippen molar-refractivity contribution in [2.75, 3.05) is 23.3 Å². The number of amides is 1. The lowest BCUT2D eigenvalue weighted by molar-refractivity contribution is -0.384. The van der Waals surface area contributed by atoms with Gasteiger partial charge in [-0.1, -0.05) is 29.8 Å². The van der Waals surface area contributed by atoms with Crippen LogP contribution in [0, 0.1) is 10.1 Å². The van der Waals surface area contributed by atoms with Crippen molar-refractivity contribution in [3.63, 3.8) is 0 Å². The van der Waals surface area contributed by atoms with Gasteiger partial charge >= 0.3 is 0 Å². The Bertz CT molecular complexity index is 707. The van der Waals surface area contributed by atoms with E-state index in [0.717, 1.165) is 5.69 Å². The lowest BCUT2D eigenvalue weighted by Gasteiger charge is -2.21. The summed E-state index contributed by atoms with van der Waals surface area (Å²) < 4.78 is 0. The normalized spacial score (nSPS) is 10.2. The molecule has 0 aliphatic heterocycles. The van der Waals surface area contributed by atoms with Crippen molar-refractivity contribution in [1.82, 2.24) is 0 Å². The molecule has 1 N–H and O–H groups in total. The maximum absolute atomic E-state index is 12.3. The summed E-state index contributed by atoms with van der Waals surface area (Å²) in [6.45, 7) is 2.45. The molecule has 0 saturated carbocycles. The summed E-state index contributed by atoms with van der Waals surface area (Å²) in [5.41, 5.74) is 1.09. The Balaban J connectivity index is 2.06. The van der Waals surface area contributed by atoms with Gasteiger partial charge in [0.25, 0.3) is 5.69 Å². The van der Waals surface area contributed by atoms with Gasteiger partial charge in [0.15, 0.2) is 0 Å². The van der Waals surface area contributed by atoms with Gasteiger partial charge in [-0.25, -0.2) is 0 Å². The fourth-order valence-electron chi connectivity index (χ4n) is 2.15. The molecular formula is C16H16ClN3O3. The number of nitro groups is 1. The second-order valence-corrected chi connectivity index (χ2v) is 5.16. The van der Waals surface area contributed by atoms with Gasteiger partial charge in [-0.3, -0.25) is 14.9 Å². The Labute approximate surface area is 138 Å². The summed E-state index contributed by atoms with van der Waals surface area (Å²) >= 11 is 5.76. The molecule has 0 spiro atoms. The number of hydrogen-bond donors (Lipinski definition) is 1. The summed E-state index contributed by atoms with van der Waals surface area (Å²) in [5.74, 6) is -0.128. The number of hydrogen-bond acceptors (Lipinski definition) is 4. The maximum atomic E-state index is 12.3. The van der Waals surface area contributed by atoms with E-state index in [-0.39, 0.29) is 23.2 Å². The summed E-state index contributed by atoms with van der Waals surface area (Å²) in [4.78, 5) is 24.3. The SMILES string of the molecule is CCN(C(=O)CNc1ccc(Cl)c([N+](=O)[O-])c1)c1ccccc1. The number of benzene rings is 2. The van der Waals surface area contributed by atoms with Crippen LogP contribution in [0.5, 0.6) is 0 Å². The maximum Gasteiger partial charge on any atom is 0.289 e. The molecule has 2 rings (SSSR count). The van der Waals surface area contributed by atoms with Crippen LogP contribution < -0.4 is 10.2 Å². The van der Waals surface area contributed by atoms with Crippen LogP contribution >= 0.6 is 11.6 Å². The fourth-order valence-corrected chi connectivity index (χ4v) is 2.33. The molecule has 0 aliphatic rings. The third kappa shape index (κ3) is 4.20. The predicted molar refractivity (Wildman–Crippen MR) is 91.1 cm³/mol. The average molecular weight is 334 g/mol. The molecule has 2 aromatic carbocycles. The molecule has 1 amide bonds. The minimum Gasteiger partial charge on any atom is -0.376 e. The summed E-state index contributed by atoms with van der Waals surface area (Å²) in [6.07, 6.45) is 0. The van der Waals surface area contributed by atoms with Gasteiger partial charge < -0.3 is 10.2 Å². The Morgan fingerprint density at radius 1 is 1.26 bits per heavy atom. The zero-order valence-electron chi connectivity index (χ0n) is 12.5. The molecule has 0 saturated heterocycles. The van der Waals surface area contributed by atoms with E-state index < -0.39 is 4.92 Å². The number of carbonyl (C=O) groups is 1. The van der Waals surface area contributed by atoms with Gasteiger partial charge in [0.05, 0.1) is 11.5 Å². The second-order valence-electron chi connectivity index (χ2n) is 4.75. The van der Waals surface area contributed by atoms with Crippen molar-refractivity contribution in [3.05, 3.63) is 63.7 Å². The first-order valence-corrected chi connectivity index (χ1v) is 7.44. The molecular weight excluding hydrogens is 318 g/mol. The molecule has 23 heavy (non-hydrogen) atoms. The molecule has 0 radical (unpaired) electrons. The molecule has 0 fully saturated rings. The highest BCUT2D eigenvalue weighted by atomic mass is 35.5. The number of carbonyl (C=O) groups excluding carboxylic acids is 1. The van der Waals surface area contributed by atoms with E-state index in [1.807, 2.05) is 37.3 Å². The summed E-state index contributed by atoms with van der Waals surface area (Å²) in [7, 11) is 0. The number of likely N-dealkylation sites (N-methyl/N-ethyl adjacent to an activating group) is 1. The molecule has 0 aromatic heterocycles. The van der Waals surface area contributed by atoms with Gasteiger partial charge in [-0.05, 0) is 31.2 Å². The third-order valence-corrected chi connectivity index (χ3v) is 3.59. The highest BCUT2D eigenvalue weighted by Gasteiger charge is 2.15. The van der Waals surface area contributed by atoms with Gasteiger partial charge in [0.1, 0.15) is 5.02 Å². The van der Waals surface area contributed by atoms with E-state index in [9.17, 15) is 14.9 Å². The quantitative estimate of drug-likeness (QED) is 0.645. The van der Waals surface area contributed by atoms with Crippen molar-refractivity contribution in [1.29, 1.82) is 0 Å². The first kappa shape index (κ1) is 16.8. The standard InChI is InChI=1S/C16H16ClN3O3/c1-2-19(13-6-4-3-5-7-13)16(21)11-18-12-8-9-14(17)15(10-12)20(22)23/h3-10,18H,2,11H2,1H3. The van der Waals surface area contributed by atoms with E-state index in [4.69, 9.17) is 11.6 Å². The van der Waals surface area contributed by atoms with Crippen LogP contribution in [0.15, 0.2) is 48.5 Å². The van der Waals surface area contributed by atoms with E-state index in [1.54, 1.807) is 11.0 Å². The predicted octanol–water partition coefficient (Wildman–Crippen LogP) is 3.71. The number of rotatable bonds is 6. The highest BCUT2D eigenvalue weighted by molar-refractivity contribution is 6.32. The number of para-hydroxylation sites is 1. The lowest BCUT2D eigenvalue weighted by Crippen LogP contribution is -2.35. The van der Waals surface area contributed by atoms with Crippen LogP contribution in [0.1, 0.15) is 6.92 Å². The zero-order chi connectivity index (χ0) is 16.8. The minimum atomic E-state index is -0.558. The first-order chi connectivity index (χ1) is 11.0. The molecule has 0 atom stereocenters. The van der Waals surface area contributed by atoms with Gasteiger partial charge in [-0.2, -0.15) is 0 Å². The van der Waals surface area contributed by atoms with E-state index >= 15 is 0 Å². The van der Waals surface area contributed by atoms with E-state index in [1.165, 1.54) is 12.1 Å². The molecule has 0 unspecified atom stereocenters. The summed E-state index contributed by atoms with van der Waals surface area (Å²) in [5, 5.41) is 13.8. The third-order valence-electron chi connectivity index (χ3n) is 3.27. The molecule has 6 nitrogen and oxygen atoms in total. The molecule has 120 valence electrons. The Hall–Kier alpha value is -2.60. The number of nitrogens with one attached hydrogen (secondary N) is 1. The van der Waals surface area contributed by atoms with Crippen molar-refractivity contribution >= 4 is 34.6 Å². The van der Waals surface area contributed by atoms with Gasteiger partial charge in [0, 0.05) is 24.0 Å². The van der Waals surface area contributed by atoms with Crippen molar-refractivity contribution < 1.29 is 9.72 Å². The lowest BCUT2D eigenvalue weighted by atomic mass is 10.2. The average Bonchev–Trinajstić information content (AvgIpc) is 2.55. The van der Waals surface area contributed by atoms with Crippen molar-refractivity contribution in [2.24, 2.45) is 0 Å². The molecule has 7 heteroatoms. The van der Waals surface area contributed by atoms with Crippen molar-refractivity contribution in [3.8, 4) is 0 Å². The van der Waals surface area contributed by atoms with Gasteiger partial charge in [0.2, 0.25) is 5.91 Å². The fraction of sp³-hybridized carbons (Fsp3) is 0.188. The Morgan fingerprint density at radius 3 is 2.57 bits per heavy atom. The summed E-state index contributed by atoms with van der Waals surface area (Å²) in [6, 6.07) is 13.7. The Morgan fingerprint density at radius 2 is 1.96 bits per heavy atom. The van der Waals surface area contributed by atoms with Crippen LogP contribution in [-0.4, -0.2) is 23.9 Å². The zero-order valence-corrected chi connectivity index (χ0v) is 13.3.